The van der Waals surface area contributed by atoms with Crippen LogP contribution in [0.5, 0.6) is 5.75 Å². The Kier molecular flexibility index (Phi) is 6.23. The number of pyridine rings is 1. The van der Waals surface area contributed by atoms with Gasteiger partial charge in [0, 0.05) is 30.4 Å². The van der Waals surface area contributed by atoms with E-state index in [1.165, 1.54) is 24.1 Å². The number of ether oxygens (including phenoxy) is 1. The van der Waals surface area contributed by atoms with Crippen LogP contribution in [0, 0.1) is 6.92 Å². The summed E-state index contributed by atoms with van der Waals surface area (Å²) in [5, 5.41) is 4.45. The molecule has 6 nitrogen and oxygen atoms in total. The number of hydrogen-bond donors (Lipinski definition) is 0. The summed E-state index contributed by atoms with van der Waals surface area (Å²) in [6, 6.07) is 15.6. The lowest BCUT2D eigenvalue weighted by Gasteiger charge is -2.20. The minimum atomic E-state index is -0.203. The summed E-state index contributed by atoms with van der Waals surface area (Å²) in [4.78, 5) is 19.3. The zero-order valence-corrected chi connectivity index (χ0v) is 17.6. The molecule has 0 unspecified atom stereocenters. The number of likely N-dealkylation sites (tertiary alicyclic amines) is 1. The van der Waals surface area contributed by atoms with Gasteiger partial charge in [0.05, 0.1) is 12.3 Å². The van der Waals surface area contributed by atoms with Gasteiger partial charge in [-0.2, -0.15) is 9.78 Å². The maximum absolute atomic E-state index is 12.6. The van der Waals surface area contributed by atoms with Crippen molar-refractivity contribution in [2.75, 3.05) is 19.7 Å². The lowest BCUT2D eigenvalue weighted by atomic mass is 10.1. The fourth-order valence-electron chi connectivity index (χ4n) is 3.99. The van der Waals surface area contributed by atoms with Gasteiger partial charge in [0.25, 0.3) is 5.56 Å². The maximum atomic E-state index is 12.6. The number of nitrogens with zero attached hydrogens (tertiary/aromatic N) is 4. The second-order valence-corrected chi connectivity index (χ2v) is 7.84. The van der Waals surface area contributed by atoms with Crippen LogP contribution in [-0.4, -0.2) is 45.4 Å². The van der Waals surface area contributed by atoms with Crippen molar-refractivity contribution in [3.63, 3.8) is 0 Å². The molecule has 6 heteroatoms. The average Bonchev–Trinajstić information content (AvgIpc) is 3.18. The van der Waals surface area contributed by atoms with Crippen LogP contribution in [0.1, 0.15) is 31.9 Å². The molecule has 0 saturated carbocycles. The molecule has 3 heterocycles. The Morgan fingerprint density at radius 1 is 1.17 bits per heavy atom. The van der Waals surface area contributed by atoms with Gasteiger partial charge in [-0.15, -0.1) is 0 Å². The highest BCUT2D eigenvalue weighted by Gasteiger charge is 2.19. The highest BCUT2D eigenvalue weighted by atomic mass is 16.5. The summed E-state index contributed by atoms with van der Waals surface area (Å²) in [6.45, 7) is 7.22. The lowest BCUT2D eigenvalue weighted by molar-refractivity contribution is 0.230. The number of aromatic nitrogens is 3. The van der Waals surface area contributed by atoms with E-state index in [2.05, 4.69) is 21.9 Å². The SMILES string of the molecule is Cc1nn(-c2ccccn2)c(=O)cc1-c1ccc(OCCCN2CCC[C@H]2C)cc1. The van der Waals surface area contributed by atoms with Crippen LogP contribution in [-0.2, 0) is 0 Å². The van der Waals surface area contributed by atoms with Crippen LogP contribution < -0.4 is 10.3 Å². The van der Waals surface area contributed by atoms with Crippen molar-refractivity contribution in [1.29, 1.82) is 0 Å². The molecular weight excluding hydrogens is 376 g/mol. The molecule has 0 bridgehead atoms. The Morgan fingerprint density at radius 2 is 2.00 bits per heavy atom. The number of aryl methyl sites for hydroxylation is 1. The van der Waals surface area contributed by atoms with E-state index in [-0.39, 0.29) is 5.56 Å². The summed E-state index contributed by atoms with van der Waals surface area (Å²) < 4.78 is 7.24. The monoisotopic (exact) mass is 404 g/mol. The fourth-order valence-corrected chi connectivity index (χ4v) is 3.99. The first-order valence-electron chi connectivity index (χ1n) is 10.6. The Balaban J connectivity index is 1.40. The molecule has 0 aliphatic carbocycles. The van der Waals surface area contributed by atoms with E-state index in [9.17, 15) is 4.79 Å². The summed E-state index contributed by atoms with van der Waals surface area (Å²) in [5.41, 5.74) is 2.34. The molecule has 156 valence electrons. The summed E-state index contributed by atoms with van der Waals surface area (Å²) in [5.74, 6) is 1.37. The van der Waals surface area contributed by atoms with Crippen LogP contribution in [0.2, 0.25) is 0 Å². The van der Waals surface area contributed by atoms with E-state index in [0.717, 1.165) is 35.5 Å². The molecular formula is C24H28N4O2. The van der Waals surface area contributed by atoms with E-state index < -0.39 is 0 Å². The van der Waals surface area contributed by atoms with Gasteiger partial charge in [0.1, 0.15) is 5.75 Å². The van der Waals surface area contributed by atoms with Crippen LogP contribution >= 0.6 is 0 Å². The molecule has 0 spiro atoms. The van der Waals surface area contributed by atoms with E-state index in [4.69, 9.17) is 4.74 Å². The normalized spacial score (nSPS) is 16.7. The Labute approximate surface area is 177 Å². The molecule has 3 aromatic rings. The van der Waals surface area contributed by atoms with Gasteiger partial charge in [-0.1, -0.05) is 18.2 Å². The third-order valence-corrected chi connectivity index (χ3v) is 5.70. The highest BCUT2D eigenvalue weighted by molar-refractivity contribution is 5.66. The first-order chi connectivity index (χ1) is 14.6. The smallest absolute Gasteiger partial charge is 0.273 e. The highest BCUT2D eigenvalue weighted by Crippen LogP contribution is 2.24. The zero-order chi connectivity index (χ0) is 20.9. The van der Waals surface area contributed by atoms with Crippen LogP contribution in [0.15, 0.2) is 59.5 Å². The van der Waals surface area contributed by atoms with Gasteiger partial charge in [-0.3, -0.25) is 4.79 Å². The molecule has 2 aromatic heterocycles. The van der Waals surface area contributed by atoms with E-state index >= 15 is 0 Å². The molecule has 1 aliphatic rings. The van der Waals surface area contributed by atoms with Crippen molar-refractivity contribution in [2.45, 2.75) is 39.2 Å². The van der Waals surface area contributed by atoms with Crippen molar-refractivity contribution in [3.8, 4) is 22.7 Å². The van der Waals surface area contributed by atoms with Gasteiger partial charge in [-0.25, -0.2) is 4.98 Å². The van der Waals surface area contributed by atoms with Gasteiger partial charge in [-0.05, 0) is 69.5 Å². The number of hydrogen-bond acceptors (Lipinski definition) is 5. The van der Waals surface area contributed by atoms with Crippen molar-refractivity contribution in [3.05, 3.63) is 70.8 Å². The molecule has 0 amide bonds. The van der Waals surface area contributed by atoms with E-state index in [1.807, 2.05) is 43.3 Å². The predicted octanol–water partition coefficient (Wildman–Crippen LogP) is 3.86. The molecule has 1 fully saturated rings. The van der Waals surface area contributed by atoms with Crippen molar-refractivity contribution >= 4 is 0 Å². The van der Waals surface area contributed by atoms with Gasteiger partial charge < -0.3 is 9.64 Å². The quantitative estimate of drug-likeness (QED) is 0.560. The third kappa shape index (κ3) is 4.60. The molecule has 4 rings (SSSR count). The van der Waals surface area contributed by atoms with Crippen molar-refractivity contribution < 1.29 is 4.74 Å². The lowest BCUT2D eigenvalue weighted by Crippen LogP contribution is -2.28. The molecule has 1 saturated heterocycles. The Bertz CT molecular complexity index is 1030. The molecule has 0 radical (unpaired) electrons. The standard InChI is InChI=1S/C24H28N4O2/c1-18-7-5-14-27(18)15-6-16-30-21-11-9-20(10-12-21)22-17-24(29)28(26-19(22)2)23-8-3-4-13-25-23/h3-4,8-13,17-18H,5-7,14-16H2,1-2H3/t18-/m1/s1. The number of rotatable bonds is 7. The first-order valence-corrected chi connectivity index (χ1v) is 10.6. The van der Waals surface area contributed by atoms with E-state index in [0.29, 0.717) is 18.5 Å². The zero-order valence-electron chi connectivity index (χ0n) is 17.6. The Hall–Kier alpha value is -2.99. The summed E-state index contributed by atoms with van der Waals surface area (Å²) in [7, 11) is 0. The molecule has 1 atom stereocenters. The fraction of sp³-hybridized carbons (Fsp3) is 0.375. The second kappa shape index (κ2) is 9.22. The van der Waals surface area contributed by atoms with Gasteiger partial charge in [0.15, 0.2) is 5.82 Å². The minimum absolute atomic E-state index is 0.203. The maximum Gasteiger partial charge on any atom is 0.273 e. The molecule has 0 N–H and O–H groups in total. The van der Waals surface area contributed by atoms with Crippen LogP contribution in [0.4, 0.5) is 0 Å². The largest absolute Gasteiger partial charge is 0.494 e. The first kappa shape index (κ1) is 20.3. The topological polar surface area (TPSA) is 60.3 Å². The summed E-state index contributed by atoms with van der Waals surface area (Å²) >= 11 is 0. The molecule has 30 heavy (non-hydrogen) atoms. The van der Waals surface area contributed by atoms with Crippen molar-refractivity contribution in [2.24, 2.45) is 0 Å². The minimum Gasteiger partial charge on any atom is -0.494 e. The van der Waals surface area contributed by atoms with Gasteiger partial charge >= 0.3 is 0 Å². The Morgan fingerprint density at radius 3 is 2.70 bits per heavy atom. The molecule has 1 aromatic carbocycles. The van der Waals surface area contributed by atoms with Crippen LogP contribution in [0.3, 0.4) is 0 Å². The summed E-state index contributed by atoms with van der Waals surface area (Å²) in [6.07, 6.45) is 5.30. The predicted molar refractivity (Wildman–Crippen MR) is 118 cm³/mol. The molecule has 1 aliphatic heterocycles. The average molecular weight is 405 g/mol. The van der Waals surface area contributed by atoms with Gasteiger partial charge in [0.2, 0.25) is 0 Å². The van der Waals surface area contributed by atoms with Crippen LogP contribution in [0.25, 0.3) is 16.9 Å². The second-order valence-electron chi connectivity index (χ2n) is 7.84. The van der Waals surface area contributed by atoms with Crippen molar-refractivity contribution in [1.82, 2.24) is 19.7 Å². The number of benzene rings is 1. The third-order valence-electron chi connectivity index (χ3n) is 5.70. The van der Waals surface area contributed by atoms with E-state index in [1.54, 1.807) is 18.3 Å².